The average molecular weight is 292 g/mol. The van der Waals surface area contributed by atoms with Gasteiger partial charge in [-0.05, 0) is 55.2 Å². The standard InChI is InChI=1S/C19H16OS/c1-4-14-10-12(2)19(13(3)11-14)21-18-7-5-6-15-16(18)8-9-17(15)20/h1,5-7,10-11H,8-9H2,2-3H3. The SMILES string of the molecule is C#Cc1cc(C)c(Sc2cccc3c2CCC3=O)c(C)c1. The van der Waals surface area contributed by atoms with Crippen LogP contribution in [0.25, 0.3) is 0 Å². The van der Waals surface area contributed by atoms with E-state index in [1.165, 1.54) is 26.5 Å². The molecule has 0 radical (unpaired) electrons. The Morgan fingerprint density at radius 1 is 1.14 bits per heavy atom. The predicted molar refractivity (Wildman–Crippen MR) is 87.1 cm³/mol. The molecule has 0 saturated carbocycles. The zero-order valence-corrected chi connectivity index (χ0v) is 13.0. The Hall–Kier alpha value is -1.98. The van der Waals surface area contributed by atoms with E-state index in [0.717, 1.165) is 17.5 Å². The smallest absolute Gasteiger partial charge is 0.163 e. The monoisotopic (exact) mass is 292 g/mol. The van der Waals surface area contributed by atoms with E-state index < -0.39 is 0 Å². The molecule has 1 aliphatic carbocycles. The molecule has 0 bridgehead atoms. The lowest BCUT2D eigenvalue weighted by atomic mass is 10.1. The molecule has 0 aromatic heterocycles. The third-order valence-electron chi connectivity index (χ3n) is 3.87. The second-order valence-electron chi connectivity index (χ2n) is 5.39. The molecule has 2 aromatic carbocycles. The molecule has 21 heavy (non-hydrogen) atoms. The van der Waals surface area contributed by atoms with Crippen LogP contribution in [0, 0.1) is 26.2 Å². The second kappa shape index (κ2) is 5.42. The number of ketones is 1. The van der Waals surface area contributed by atoms with Crippen LogP contribution in [0.3, 0.4) is 0 Å². The molecular formula is C19H16OS. The Morgan fingerprint density at radius 2 is 1.86 bits per heavy atom. The molecule has 3 rings (SSSR count). The zero-order chi connectivity index (χ0) is 15.0. The minimum atomic E-state index is 0.267. The molecule has 1 aliphatic rings. The van der Waals surface area contributed by atoms with Gasteiger partial charge in [-0.25, -0.2) is 0 Å². The van der Waals surface area contributed by atoms with Crippen molar-refractivity contribution < 1.29 is 4.79 Å². The lowest BCUT2D eigenvalue weighted by Crippen LogP contribution is -1.93. The van der Waals surface area contributed by atoms with Crippen LogP contribution < -0.4 is 0 Å². The third kappa shape index (κ3) is 2.50. The van der Waals surface area contributed by atoms with Gasteiger partial charge < -0.3 is 0 Å². The van der Waals surface area contributed by atoms with Crippen molar-refractivity contribution in [3.8, 4) is 12.3 Å². The topological polar surface area (TPSA) is 17.1 Å². The second-order valence-corrected chi connectivity index (χ2v) is 6.44. The van der Waals surface area contributed by atoms with Crippen LogP contribution in [0.1, 0.15) is 39.0 Å². The minimum Gasteiger partial charge on any atom is -0.294 e. The molecule has 2 aromatic rings. The van der Waals surface area contributed by atoms with Crippen molar-refractivity contribution in [2.24, 2.45) is 0 Å². The Labute approximate surface area is 129 Å². The van der Waals surface area contributed by atoms with Gasteiger partial charge in [0, 0.05) is 27.3 Å². The first-order chi connectivity index (χ1) is 10.1. The molecule has 2 heteroatoms. The largest absolute Gasteiger partial charge is 0.294 e. The molecule has 0 atom stereocenters. The number of Topliss-reactive ketones (excluding diaryl/α,β-unsaturated/α-hetero) is 1. The van der Waals surface area contributed by atoms with Crippen molar-refractivity contribution in [2.75, 3.05) is 0 Å². The highest BCUT2D eigenvalue weighted by Gasteiger charge is 2.22. The molecule has 0 N–H and O–H groups in total. The van der Waals surface area contributed by atoms with Gasteiger partial charge in [0.25, 0.3) is 0 Å². The van der Waals surface area contributed by atoms with Crippen LogP contribution in [-0.2, 0) is 6.42 Å². The summed E-state index contributed by atoms with van der Waals surface area (Å²) >= 11 is 1.75. The maximum absolute atomic E-state index is 11.9. The Morgan fingerprint density at radius 3 is 2.52 bits per heavy atom. The summed E-state index contributed by atoms with van der Waals surface area (Å²) in [5.41, 5.74) is 5.40. The quantitative estimate of drug-likeness (QED) is 0.754. The maximum Gasteiger partial charge on any atom is 0.163 e. The summed E-state index contributed by atoms with van der Waals surface area (Å²) in [4.78, 5) is 14.3. The van der Waals surface area contributed by atoms with Gasteiger partial charge in [0.2, 0.25) is 0 Å². The molecule has 104 valence electrons. The molecule has 0 aliphatic heterocycles. The Balaban J connectivity index is 2.03. The average Bonchev–Trinajstić information content (AvgIpc) is 2.85. The molecule has 0 spiro atoms. The van der Waals surface area contributed by atoms with E-state index >= 15 is 0 Å². The molecule has 1 nitrogen and oxygen atoms in total. The number of carbonyl (C=O) groups is 1. The molecule has 0 unspecified atom stereocenters. The molecule has 0 fully saturated rings. The van der Waals surface area contributed by atoms with Gasteiger partial charge in [0.15, 0.2) is 5.78 Å². The fraction of sp³-hybridized carbons (Fsp3) is 0.211. The van der Waals surface area contributed by atoms with Gasteiger partial charge in [0.1, 0.15) is 0 Å². The van der Waals surface area contributed by atoms with Crippen LogP contribution in [0.4, 0.5) is 0 Å². The highest BCUT2D eigenvalue weighted by molar-refractivity contribution is 7.99. The van der Waals surface area contributed by atoms with Gasteiger partial charge in [-0.2, -0.15) is 0 Å². The Kier molecular flexibility index (Phi) is 3.61. The zero-order valence-electron chi connectivity index (χ0n) is 12.2. The first kappa shape index (κ1) is 14.0. The van der Waals surface area contributed by atoms with Crippen LogP contribution in [0.5, 0.6) is 0 Å². The van der Waals surface area contributed by atoms with Crippen LogP contribution in [0.2, 0.25) is 0 Å². The molecular weight excluding hydrogens is 276 g/mol. The summed E-state index contributed by atoms with van der Waals surface area (Å²) in [5, 5.41) is 0. The van der Waals surface area contributed by atoms with E-state index in [1.54, 1.807) is 11.8 Å². The van der Waals surface area contributed by atoms with E-state index in [2.05, 4.69) is 25.8 Å². The van der Waals surface area contributed by atoms with E-state index in [0.29, 0.717) is 6.42 Å². The van der Waals surface area contributed by atoms with Crippen molar-refractivity contribution in [3.63, 3.8) is 0 Å². The summed E-state index contributed by atoms with van der Waals surface area (Å²) < 4.78 is 0. The van der Waals surface area contributed by atoms with Gasteiger partial charge in [-0.15, -0.1) is 6.42 Å². The summed E-state index contributed by atoms with van der Waals surface area (Å²) in [7, 11) is 0. The van der Waals surface area contributed by atoms with E-state index in [4.69, 9.17) is 6.42 Å². The van der Waals surface area contributed by atoms with Crippen LogP contribution in [-0.4, -0.2) is 5.78 Å². The number of terminal acetylenes is 1. The van der Waals surface area contributed by atoms with Crippen molar-refractivity contribution >= 4 is 17.5 Å². The maximum atomic E-state index is 11.9. The van der Waals surface area contributed by atoms with E-state index in [-0.39, 0.29) is 5.78 Å². The lowest BCUT2D eigenvalue weighted by molar-refractivity contribution is 0.0994. The van der Waals surface area contributed by atoms with Crippen LogP contribution >= 0.6 is 11.8 Å². The third-order valence-corrected chi connectivity index (χ3v) is 5.32. The van der Waals surface area contributed by atoms with Gasteiger partial charge >= 0.3 is 0 Å². The molecule has 0 amide bonds. The summed E-state index contributed by atoms with van der Waals surface area (Å²) in [5.74, 6) is 2.96. The Bertz CT molecular complexity index is 758. The van der Waals surface area contributed by atoms with Crippen molar-refractivity contribution in [1.82, 2.24) is 0 Å². The van der Waals surface area contributed by atoms with Crippen LogP contribution in [0.15, 0.2) is 40.1 Å². The first-order valence-corrected chi connectivity index (χ1v) is 7.82. The summed E-state index contributed by atoms with van der Waals surface area (Å²) in [6.45, 7) is 4.18. The van der Waals surface area contributed by atoms with Gasteiger partial charge in [-0.3, -0.25) is 4.79 Å². The number of fused-ring (bicyclic) bond motifs is 1. The number of hydrogen-bond donors (Lipinski definition) is 0. The number of benzene rings is 2. The summed E-state index contributed by atoms with van der Waals surface area (Å²) in [6.07, 6.45) is 6.98. The van der Waals surface area contributed by atoms with E-state index in [9.17, 15) is 4.79 Å². The fourth-order valence-electron chi connectivity index (χ4n) is 2.86. The number of carbonyl (C=O) groups excluding carboxylic acids is 1. The fourth-order valence-corrected chi connectivity index (χ4v) is 4.00. The lowest BCUT2D eigenvalue weighted by Gasteiger charge is -2.13. The minimum absolute atomic E-state index is 0.267. The van der Waals surface area contributed by atoms with Gasteiger partial charge in [-0.1, -0.05) is 29.8 Å². The van der Waals surface area contributed by atoms with E-state index in [1.807, 2.05) is 24.3 Å². The number of rotatable bonds is 2. The molecule has 0 heterocycles. The highest BCUT2D eigenvalue weighted by Crippen LogP contribution is 2.38. The van der Waals surface area contributed by atoms with Crippen molar-refractivity contribution in [3.05, 3.63) is 58.1 Å². The normalized spacial score (nSPS) is 13.1. The number of aryl methyl sites for hydroxylation is 2. The molecule has 0 saturated heterocycles. The highest BCUT2D eigenvalue weighted by atomic mass is 32.2. The predicted octanol–water partition coefficient (Wildman–Crippen LogP) is 4.56. The summed E-state index contributed by atoms with van der Waals surface area (Å²) in [6, 6.07) is 10.1. The first-order valence-electron chi connectivity index (χ1n) is 7.01. The van der Waals surface area contributed by atoms with Crippen molar-refractivity contribution in [2.45, 2.75) is 36.5 Å². The van der Waals surface area contributed by atoms with Crippen molar-refractivity contribution in [1.29, 1.82) is 0 Å². The number of hydrogen-bond acceptors (Lipinski definition) is 2. The van der Waals surface area contributed by atoms with Gasteiger partial charge in [0.05, 0.1) is 0 Å².